The van der Waals surface area contributed by atoms with Crippen molar-refractivity contribution in [3.63, 3.8) is 0 Å². The Kier molecular flexibility index (Phi) is 4.87. The van der Waals surface area contributed by atoms with E-state index in [9.17, 15) is 22.8 Å². The molecule has 0 bridgehead atoms. The maximum Gasteiger partial charge on any atom is 0.313 e. The lowest BCUT2D eigenvalue weighted by Gasteiger charge is -2.11. The third-order valence-corrected chi connectivity index (χ3v) is 2.10. The first-order chi connectivity index (χ1) is 8.85. The topological polar surface area (TPSA) is 78.4 Å². The van der Waals surface area contributed by atoms with E-state index < -0.39 is 47.6 Å². The smallest absolute Gasteiger partial charge is 0.313 e. The first kappa shape index (κ1) is 15.0. The molecular weight excluding hydrogens is 265 g/mol. The zero-order chi connectivity index (χ0) is 14.6. The molecule has 1 aromatic rings. The van der Waals surface area contributed by atoms with Gasteiger partial charge in [-0.25, -0.2) is 13.2 Å². The fourth-order valence-electron chi connectivity index (χ4n) is 1.17. The minimum absolute atomic E-state index is 0.368. The second-order valence-corrected chi connectivity index (χ2v) is 3.76. The summed E-state index contributed by atoms with van der Waals surface area (Å²) >= 11 is 0. The molecule has 0 saturated heterocycles. The highest BCUT2D eigenvalue weighted by molar-refractivity contribution is 6.39. The molecule has 2 amide bonds. The van der Waals surface area contributed by atoms with Gasteiger partial charge in [-0.2, -0.15) is 0 Å². The van der Waals surface area contributed by atoms with Gasteiger partial charge in [0.25, 0.3) is 0 Å². The number of rotatable bonds is 3. The van der Waals surface area contributed by atoms with Crippen molar-refractivity contribution in [2.75, 3.05) is 11.9 Å². The molecule has 3 N–H and O–H groups in total. The van der Waals surface area contributed by atoms with Gasteiger partial charge in [-0.3, -0.25) is 9.59 Å². The first-order valence-electron chi connectivity index (χ1n) is 5.22. The largest absolute Gasteiger partial charge is 0.394 e. The number of carbonyl (C=O) groups excluding carboxylic acids is 2. The summed E-state index contributed by atoms with van der Waals surface area (Å²) in [6, 6.07) is 0.0426. The second kappa shape index (κ2) is 6.19. The SMILES string of the molecule is CC(CO)NC(=O)C(=O)Nc1c(F)cc(F)cc1F. The highest BCUT2D eigenvalue weighted by Crippen LogP contribution is 2.19. The lowest BCUT2D eigenvalue weighted by atomic mass is 10.2. The molecule has 0 aliphatic rings. The van der Waals surface area contributed by atoms with Gasteiger partial charge in [-0.1, -0.05) is 0 Å². The molecule has 1 rings (SSSR count). The van der Waals surface area contributed by atoms with Gasteiger partial charge >= 0.3 is 11.8 Å². The zero-order valence-electron chi connectivity index (χ0n) is 9.84. The zero-order valence-corrected chi connectivity index (χ0v) is 9.84. The Balaban J connectivity index is 2.80. The summed E-state index contributed by atoms with van der Waals surface area (Å²) in [7, 11) is 0. The summed E-state index contributed by atoms with van der Waals surface area (Å²) in [6.45, 7) is 1.02. The minimum Gasteiger partial charge on any atom is -0.394 e. The molecule has 5 nitrogen and oxygen atoms in total. The Hall–Kier alpha value is -2.09. The van der Waals surface area contributed by atoms with Crippen LogP contribution >= 0.6 is 0 Å². The van der Waals surface area contributed by atoms with Crippen molar-refractivity contribution < 1.29 is 27.9 Å². The minimum atomic E-state index is -1.34. The van der Waals surface area contributed by atoms with E-state index in [4.69, 9.17) is 5.11 Å². The third kappa shape index (κ3) is 3.95. The van der Waals surface area contributed by atoms with Gasteiger partial charge in [-0.05, 0) is 6.92 Å². The van der Waals surface area contributed by atoms with Gasteiger partial charge in [0.2, 0.25) is 0 Å². The molecule has 0 fully saturated rings. The summed E-state index contributed by atoms with van der Waals surface area (Å²) in [5, 5.41) is 12.4. The highest BCUT2D eigenvalue weighted by atomic mass is 19.1. The van der Waals surface area contributed by atoms with Crippen molar-refractivity contribution >= 4 is 17.5 Å². The van der Waals surface area contributed by atoms with E-state index in [1.165, 1.54) is 6.92 Å². The van der Waals surface area contributed by atoms with Gasteiger partial charge < -0.3 is 15.7 Å². The summed E-state index contributed by atoms with van der Waals surface area (Å²) < 4.78 is 39.0. The standard InChI is InChI=1S/C11H11F3N2O3/c1-5(4-17)15-10(18)11(19)16-9-7(13)2-6(12)3-8(9)14/h2-3,5,17H,4H2,1H3,(H,15,18)(H,16,19). The van der Waals surface area contributed by atoms with Crippen LogP contribution in [0.2, 0.25) is 0 Å². The molecule has 0 heterocycles. The van der Waals surface area contributed by atoms with Gasteiger partial charge in [0.15, 0.2) is 11.6 Å². The van der Waals surface area contributed by atoms with Crippen LogP contribution in [-0.4, -0.2) is 29.6 Å². The molecule has 0 aliphatic carbocycles. The van der Waals surface area contributed by atoms with Crippen LogP contribution in [0.4, 0.5) is 18.9 Å². The van der Waals surface area contributed by atoms with E-state index in [1.54, 1.807) is 5.32 Å². The van der Waals surface area contributed by atoms with E-state index >= 15 is 0 Å². The molecule has 8 heteroatoms. The average molecular weight is 276 g/mol. The number of halogens is 3. The lowest BCUT2D eigenvalue weighted by molar-refractivity contribution is -0.136. The van der Waals surface area contributed by atoms with Crippen LogP contribution in [0.3, 0.4) is 0 Å². The maximum absolute atomic E-state index is 13.2. The van der Waals surface area contributed by atoms with Crippen molar-refractivity contribution in [1.82, 2.24) is 5.32 Å². The molecule has 0 spiro atoms. The van der Waals surface area contributed by atoms with Crippen LogP contribution in [0, 0.1) is 17.5 Å². The van der Waals surface area contributed by atoms with E-state index in [-0.39, 0.29) is 0 Å². The number of carbonyl (C=O) groups is 2. The van der Waals surface area contributed by atoms with E-state index in [1.807, 2.05) is 0 Å². The number of aliphatic hydroxyl groups excluding tert-OH is 1. The van der Waals surface area contributed by atoms with Crippen LogP contribution in [0.15, 0.2) is 12.1 Å². The van der Waals surface area contributed by atoms with Crippen LogP contribution in [-0.2, 0) is 9.59 Å². The predicted octanol–water partition coefficient (Wildman–Crippen LogP) is 0.539. The van der Waals surface area contributed by atoms with Crippen LogP contribution in [0.1, 0.15) is 6.92 Å². The van der Waals surface area contributed by atoms with Crippen molar-refractivity contribution in [2.24, 2.45) is 0 Å². The maximum atomic E-state index is 13.2. The molecule has 19 heavy (non-hydrogen) atoms. The molecule has 1 unspecified atom stereocenters. The van der Waals surface area contributed by atoms with Crippen LogP contribution in [0.25, 0.3) is 0 Å². The van der Waals surface area contributed by atoms with Crippen molar-refractivity contribution in [1.29, 1.82) is 0 Å². The normalized spacial score (nSPS) is 11.8. The molecular formula is C11H11F3N2O3. The summed E-state index contributed by atoms with van der Waals surface area (Å²) in [6.07, 6.45) is 0. The average Bonchev–Trinajstić information content (AvgIpc) is 2.32. The van der Waals surface area contributed by atoms with E-state index in [0.29, 0.717) is 12.1 Å². The van der Waals surface area contributed by atoms with Crippen LogP contribution < -0.4 is 10.6 Å². The van der Waals surface area contributed by atoms with Crippen molar-refractivity contribution in [2.45, 2.75) is 13.0 Å². The van der Waals surface area contributed by atoms with E-state index in [2.05, 4.69) is 5.32 Å². The highest BCUT2D eigenvalue weighted by Gasteiger charge is 2.20. The molecule has 0 aliphatic heterocycles. The Morgan fingerprint density at radius 1 is 1.21 bits per heavy atom. The molecule has 0 radical (unpaired) electrons. The number of aliphatic hydroxyl groups is 1. The summed E-state index contributed by atoms with van der Waals surface area (Å²) in [4.78, 5) is 22.6. The van der Waals surface area contributed by atoms with Gasteiger partial charge in [-0.15, -0.1) is 0 Å². The van der Waals surface area contributed by atoms with Crippen LogP contribution in [0.5, 0.6) is 0 Å². The van der Waals surface area contributed by atoms with Gasteiger partial charge in [0, 0.05) is 18.2 Å². The monoisotopic (exact) mass is 276 g/mol. The summed E-state index contributed by atoms with van der Waals surface area (Å²) in [5.74, 6) is -6.33. The number of benzene rings is 1. The molecule has 1 atom stereocenters. The Bertz CT molecular complexity index is 485. The van der Waals surface area contributed by atoms with Crippen molar-refractivity contribution in [3.8, 4) is 0 Å². The fourth-order valence-corrected chi connectivity index (χ4v) is 1.17. The van der Waals surface area contributed by atoms with E-state index in [0.717, 1.165) is 0 Å². The molecule has 0 saturated carbocycles. The number of nitrogens with one attached hydrogen (secondary N) is 2. The number of hydrogen-bond acceptors (Lipinski definition) is 3. The summed E-state index contributed by atoms with van der Waals surface area (Å²) in [5.41, 5.74) is -0.918. The predicted molar refractivity (Wildman–Crippen MR) is 59.6 cm³/mol. The molecule has 104 valence electrons. The number of anilines is 1. The first-order valence-corrected chi connectivity index (χ1v) is 5.22. The Morgan fingerprint density at radius 2 is 1.74 bits per heavy atom. The van der Waals surface area contributed by atoms with Gasteiger partial charge in [0.05, 0.1) is 6.61 Å². The molecule has 1 aromatic carbocycles. The second-order valence-electron chi connectivity index (χ2n) is 3.76. The van der Waals surface area contributed by atoms with Gasteiger partial charge in [0.1, 0.15) is 11.5 Å². The Morgan fingerprint density at radius 3 is 2.21 bits per heavy atom. The third-order valence-electron chi connectivity index (χ3n) is 2.10. The lowest BCUT2D eigenvalue weighted by Crippen LogP contribution is -2.42. The number of hydrogen-bond donors (Lipinski definition) is 3. The molecule has 0 aromatic heterocycles. The Labute approximate surface area is 106 Å². The van der Waals surface area contributed by atoms with Crippen molar-refractivity contribution in [3.05, 3.63) is 29.6 Å². The number of amides is 2. The quantitative estimate of drug-likeness (QED) is 0.705. The fraction of sp³-hybridized carbons (Fsp3) is 0.273.